The van der Waals surface area contributed by atoms with E-state index in [0.29, 0.717) is 28.0 Å². The van der Waals surface area contributed by atoms with E-state index in [1.54, 1.807) is 44.6 Å². The van der Waals surface area contributed by atoms with Gasteiger partial charge in [0.15, 0.2) is 5.82 Å². The lowest BCUT2D eigenvalue weighted by Gasteiger charge is -2.33. The number of fused-ring (bicyclic) bond motifs is 1. The Bertz CT molecular complexity index is 1090. The van der Waals surface area contributed by atoms with Crippen LogP contribution in [0.1, 0.15) is 24.4 Å². The molecule has 3 aromatic rings. The van der Waals surface area contributed by atoms with E-state index in [4.69, 9.17) is 21.1 Å². The van der Waals surface area contributed by atoms with Crippen LogP contribution < -0.4 is 20.2 Å². The maximum absolute atomic E-state index is 13.3. The van der Waals surface area contributed by atoms with Crippen LogP contribution in [0, 0.1) is 0 Å². The summed E-state index contributed by atoms with van der Waals surface area (Å²) in [6.45, 7) is 2.01. The fourth-order valence-corrected chi connectivity index (χ4v) is 4.71. The molecule has 1 aliphatic rings. The second kappa shape index (κ2) is 9.07. The predicted octanol–water partition coefficient (Wildman–Crippen LogP) is 3.91. The number of nitrogens with one attached hydrogen (secondary N) is 2. The number of methoxy groups -OCH3 is 2. The van der Waals surface area contributed by atoms with Gasteiger partial charge in [-0.3, -0.25) is 4.79 Å². The molecule has 8 nitrogen and oxygen atoms in total. The molecule has 1 aliphatic heterocycles. The summed E-state index contributed by atoms with van der Waals surface area (Å²) < 4.78 is 12.3. The first-order chi connectivity index (χ1) is 15.0. The Hall–Kier alpha value is -2.91. The molecule has 0 radical (unpaired) electrons. The molecule has 162 valence electrons. The standard InChI is InChI=1S/C21H22ClN5O3S/c1-4-17-24-25-21-27(17)26-18(12-5-10-16(30-3)15(22)11-12)19(31-21)20(28)23-13-6-8-14(29-2)9-7-13/h5-11,18-19,26H,4H2,1-3H3,(H,23,28). The Morgan fingerprint density at radius 1 is 1.19 bits per heavy atom. The Labute approximate surface area is 189 Å². The molecule has 2 atom stereocenters. The minimum atomic E-state index is -0.507. The Morgan fingerprint density at radius 3 is 2.61 bits per heavy atom. The first-order valence-corrected chi connectivity index (χ1v) is 11.0. The van der Waals surface area contributed by atoms with Gasteiger partial charge in [0.05, 0.1) is 25.3 Å². The molecule has 2 unspecified atom stereocenters. The van der Waals surface area contributed by atoms with Crippen LogP contribution in [-0.4, -0.2) is 40.3 Å². The number of hydrogen-bond acceptors (Lipinski definition) is 7. The fraction of sp³-hybridized carbons (Fsp3) is 0.286. The van der Waals surface area contributed by atoms with Crippen LogP contribution in [0.2, 0.25) is 5.02 Å². The number of thioether (sulfide) groups is 1. The van der Waals surface area contributed by atoms with Crippen molar-refractivity contribution in [3.8, 4) is 11.5 Å². The van der Waals surface area contributed by atoms with E-state index in [9.17, 15) is 4.79 Å². The highest BCUT2D eigenvalue weighted by Crippen LogP contribution is 2.39. The van der Waals surface area contributed by atoms with E-state index in [1.807, 2.05) is 23.7 Å². The molecule has 2 aromatic carbocycles. The number of aromatic nitrogens is 3. The largest absolute Gasteiger partial charge is 0.497 e. The minimum absolute atomic E-state index is 0.160. The summed E-state index contributed by atoms with van der Waals surface area (Å²) in [5, 5.41) is 12.1. The molecular formula is C21H22ClN5O3S. The van der Waals surface area contributed by atoms with Crippen molar-refractivity contribution in [1.82, 2.24) is 14.9 Å². The third kappa shape index (κ3) is 4.28. The SMILES string of the molecule is CCc1nnc2n1NC(c1ccc(OC)c(Cl)c1)C(C(=O)Nc1ccc(OC)cc1)S2. The number of aryl methyl sites for hydroxylation is 1. The van der Waals surface area contributed by atoms with Gasteiger partial charge in [-0.15, -0.1) is 10.2 Å². The molecule has 0 aliphatic carbocycles. The number of carbonyl (C=O) groups excluding carboxylic acids is 1. The molecule has 1 amide bonds. The average Bonchev–Trinajstić information content (AvgIpc) is 3.20. The highest BCUT2D eigenvalue weighted by molar-refractivity contribution is 8.00. The van der Waals surface area contributed by atoms with E-state index < -0.39 is 5.25 Å². The molecule has 0 saturated heterocycles. The minimum Gasteiger partial charge on any atom is -0.497 e. The first-order valence-electron chi connectivity index (χ1n) is 9.70. The van der Waals surface area contributed by atoms with Crippen molar-refractivity contribution in [3.63, 3.8) is 0 Å². The molecule has 10 heteroatoms. The van der Waals surface area contributed by atoms with Crippen molar-refractivity contribution in [2.45, 2.75) is 29.8 Å². The lowest BCUT2D eigenvalue weighted by Crippen LogP contribution is -2.41. The van der Waals surface area contributed by atoms with Crippen LogP contribution in [-0.2, 0) is 11.2 Å². The number of halogens is 1. The second-order valence-corrected chi connectivity index (χ2v) is 8.36. The lowest BCUT2D eigenvalue weighted by molar-refractivity contribution is -0.116. The maximum atomic E-state index is 13.3. The van der Waals surface area contributed by atoms with Crippen LogP contribution in [0.25, 0.3) is 0 Å². The summed E-state index contributed by atoms with van der Waals surface area (Å²) in [6.07, 6.45) is 0.708. The Balaban J connectivity index is 1.66. The summed E-state index contributed by atoms with van der Waals surface area (Å²) in [5.74, 6) is 1.93. The highest BCUT2D eigenvalue weighted by atomic mass is 35.5. The molecule has 0 fully saturated rings. The number of benzene rings is 2. The average molecular weight is 460 g/mol. The van der Waals surface area contributed by atoms with Gasteiger partial charge in [-0.2, -0.15) is 0 Å². The smallest absolute Gasteiger partial charge is 0.240 e. The van der Waals surface area contributed by atoms with Gasteiger partial charge in [0, 0.05) is 12.1 Å². The molecule has 0 bridgehead atoms. The molecular weight excluding hydrogens is 438 g/mol. The van der Waals surface area contributed by atoms with Crippen molar-refractivity contribution >= 4 is 35.0 Å². The Kier molecular flexibility index (Phi) is 6.24. The summed E-state index contributed by atoms with van der Waals surface area (Å²) in [5.41, 5.74) is 4.94. The zero-order valence-corrected chi connectivity index (χ0v) is 18.8. The predicted molar refractivity (Wildman–Crippen MR) is 121 cm³/mol. The number of carbonyl (C=O) groups is 1. The van der Waals surface area contributed by atoms with Crippen LogP contribution in [0.15, 0.2) is 47.6 Å². The van der Waals surface area contributed by atoms with E-state index >= 15 is 0 Å². The zero-order valence-electron chi connectivity index (χ0n) is 17.3. The van der Waals surface area contributed by atoms with Crippen LogP contribution in [0.5, 0.6) is 11.5 Å². The summed E-state index contributed by atoms with van der Waals surface area (Å²) in [6, 6.07) is 12.3. The molecule has 0 spiro atoms. The second-order valence-electron chi connectivity index (χ2n) is 6.84. The van der Waals surface area contributed by atoms with Gasteiger partial charge in [0.1, 0.15) is 16.7 Å². The normalized spacial score (nSPS) is 17.4. The summed E-state index contributed by atoms with van der Waals surface area (Å²) in [7, 11) is 3.17. The van der Waals surface area contributed by atoms with Gasteiger partial charge in [0.2, 0.25) is 11.1 Å². The lowest BCUT2D eigenvalue weighted by atomic mass is 10.0. The van der Waals surface area contributed by atoms with Crippen LogP contribution >= 0.6 is 23.4 Å². The topological polar surface area (TPSA) is 90.3 Å². The van der Waals surface area contributed by atoms with Crippen molar-refractivity contribution in [1.29, 1.82) is 0 Å². The number of anilines is 1. The highest BCUT2D eigenvalue weighted by Gasteiger charge is 2.38. The van der Waals surface area contributed by atoms with Gasteiger partial charge in [0.25, 0.3) is 0 Å². The molecule has 0 saturated carbocycles. The third-order valence-corrected chi connectivity index (χ3v) is 6.48. The van der Waals surface area contributed by atoms with E-state index in [2.05, 4.69) is 20.9 Å². The quantitative estimate of drug-likeness (QED) is 0.577. The summed E-state index contributed by atoms with van der Waals surface area (Å²) >= 11 is 7.73. The van der Waals surface area contributed by atoms with Crippen LogP contribution in [0.3, 0.4) is 0 Å². The maximum Gasteiger partial charge on any atom is 0.240 e. The number of nitrogens with zero attached hydrogens (tertiary/aromatic N) is 3. The van der Waals surface area contributed by atoms with Crippen molar-refractivity contribution < 1.29 is 14.3 Å². The first kappa shape index (κ1) is 21.3. The Morgan fingerprint density at radius 2 is 1.97 bits per heavy atom. The fourth-order valence-electron chi connectivity index (χ4n) is 3.34. The number of ether oxygens (including phenoxy) is 2. The third-order valence-electron chi connectivity index (χ3n) is 4.97. The van der Waals surface area contributed by atoms with Gasteiger partial charge in [-0.1, -0.05) is 36.4 Å². The van der Waals surface area contributed by atoms with E-state index in [1.165, 1.54) is 11.8 Å². The van der Waals surface area contributed by atoms with Crippen LogP contribution in [0.4, 0.5) is 5.69 Å². The van der Waals surface area contributed by atoms with Gasteiger partial charge in [-0.25, -0.2) is 4.68 Å². The number of rotatable bonds is 6. The molecule has 2 N–H and O–H groups in total. The zero-order chi connectivity index (χ0) is 22.0. The summed E-state index contributed by atoms with van der Waals surface area (Å²) in [4.78, 5) is 13.3. The number of hydrogen-bond donors (Lipinski definition) is 2. The van der Waals surface area contributed by atoms with Gasteiger partial charge in [-0.05, 0) is 42.0 Å². The van der Waals surface area contributed by atoms with Crippen molar-refractivity contribution in [3.05, 3.63) is 58.9 Å². The van der Waals surface area contributed by atoms with Crippen molar-refractivity contribution in [2.75, 3.05) is 25.0 Å². The number of amides is 1. The van der Waals surface area contributed by atoms with Gasteiger partial charge >= 0.3 is 0 Å². The van der Waals surface area contributed by atoms with E-state index in [-0.39, 0.29) is 11.9 Å². The molecule has 4 rings (SSSR count). The van der Waals surface area contributed by atoms with Crippen molar-refractivity contribution in [2.24, 2.45) is 0 Å². The molecule has 1 aromatic heterocycles. The van der Waals surface area contributed by atoms with Gasteiger partial charge < -0.3 is 20.2 Å². The molecule has 31 heavy (non-hydrogen) atoms. The monoisotopic (exact) mass is 459 g/mol. The molecule has 2 heterocycles. The van der Waals surface area contributed by atoms with E-state index in [0.717, 1.165) is 17.1 Å².